The fourth-order valence-electron chi connectivity index (χ4n) is 3.74. The van der Waals surface area contributed by atoms with Crippen LogP contribution in [0.5, 0.6) is 11.5 Å². The summed E-state index contributed by atoms with van der Waals surface area (Å²) in [4.78, 5) is 23.1. The van der Waals surface area contributed by atoms with Crippen molar-refractivity contribution in [3.63, 3.8) is 0 Å². The Bertz CT molecular complexity index is 1250. The number of hydrogen-bond acceptors (Lipinski definition) is 7. The highest BCUT2D eigenvalue weighted by Crippen LogP contribution is 2.29. The third kappa shape index (κ3) is 8.16. The molecule has 10 nitrogen and oxygen atoms in total. The second-order valence-corrected chi connectivity index (χ2v) is 9.12. The Morgan fingerprint density at radius 3 is 2.73 bits per heavy atom. The molecule has 1 N–H and O–H groups in total. The average Bonchev–Trinajstić information content (AvgIpc) is 3.35. The van der Waals surface area contributed by atoms with Crippen molar-refractivity contribution in [3.8, 4) is 17.2 Å². The number of benzene rings is 2. The Morgan fingerprint density at radius 2 is 2.00 bits per heavy atom. The fourth-order valence-corrected chi connectivity index (χ4v) is 3.74. The number of nitrogens with one attached hydrogen (secondary N) is 1. The van der Waals surface area contributed by atoms with Crippen LogP contribution in [0.1, 0.15) is 51.3 Å². The molecule has 3 aromatic rings. The van der Waals surface area contributed by atoms with Gasteiger partial charge in [-0.2, -0.15) is 0 Å². The van der Waals surface area contributed by atoms with Gasteiger partial charge in [-0.1, -0.05) is 42.0 Å². The SMILES string of the molecule is COc1cc(CNC(=O)C[C@H](C)CCC=C(C)C)ccc1OCc1cn(-c2ccccc2[N+](=O)[O-])nn1. The number of carbonyl (C=O) groups excluding carboxylic acids is 1. The quantitative estimate of drug-likeness (QED) is 0.193. The number of methoxy groups -OCH3 is 1. The van der Waals surface area contributed by atoms with E-state index in [1.165, 1.54) is 16.3 Å². The molecule has 0 spiro atoms. The maximum absolute atomic E-state index is 12.3. The van der Waals surface area contributed by atoms with Gasteiger partial charge in [-0.3, -0.25) is 14.9 Å². The molecule has 1 atom stereocenters. The Hall–Kier alpha value is -4.21. The number of nitro groups is 1. The van der Waals surface area contributed by atoms with E-state index in [9.17, 15) is 14.9 Å². The van der Waals surface area contributed by atoms with Crippen molar-refractivity contribution in [2.45, 2.75) is 53.2 Å². The Morgan fingerprint density at radius 1 is 1.22 bits per heavy atom. The molecule has 0 saturated carbocycles. The second kappa shape index (κ2) is 13.2. The highest BCUT2D eigenvalue weighted by Gasteiger charge is 2.16. The molecule has 0 aliphatic carbocycles. The van der Waals surface area contributed by atoms with Crippen LogP contribution in [0.2, 0.25) is 0 Å². The molecule has 0 aliphatic heterocycles. The molecule has 0 saturated heterocycles. The molecule has 37 heavy (non-hydrogen) atoms. The minimum atomic E-state index is -0.464. The summed E-state index contributed by atoms with van der Waals surface area (Å²) in [7, 11) is 1.55. The van der Waals surface area contributed by atoms with Crippen molar-refractivity contribution in [2.24, 2.45) is 5.92 Å². The smallest absolute Gasteiger partial charge is 0.294 e. The van der Waals surface area contributed by atoms with Crippen molar-refractivity contribution in [1.29, 1.82) is 0 Å². The van der Waals surface area contributed by atoms with Crippen molar-refractivity contribution in [1.82, 2.24) is 20.3 Å². The van der Waals surface area contributed by atoms with Crippen LogP contribution in [-0.2, 0) is 17.9 Å². The van der Waals surface area contributed by atoms with E-state index >= 15 is 0 Å². The highest BCUT2D eigenvalue weighted by molar-refractivity contribution is 5.76. The number of para-hydroxylation sites is 2. The molecule has 2 aromatic carbocycles. The summed E-state index contributed by atoms with van der Waals surface area (Å²) in [6.07, 6.45) is 6.23. The molecule has 0 unspecified atom stereocenters. The van der Waals surface area contributed by atoms with Gasteiger partial charge < -0.3 is 14.8 Å². The molecule has 0 aliphatic rings. The number of rotatable bonds is 13. The molecule has 1 aromatic heterocycles. The van der Waals surface area contributed by atoms with Gasteiger partial charge in [0, 0.05) is 19.0 Å². The van der Waals surface area contributed by atoms with Gasteiger partial charge in [0.1, 0.15) is 18.0 Å². The lowest BCUT2D eigenvalue weighted by Gasteiger charge is -2.13. The van der Waals surface area contributed by atoms with Gasteiger partial charge in [0.2, 0.25) is 5.91 Å². The molecule has 1 amide bonds. The van der Waals surface area contributed by atoms with Crippen LogP contribution in [0.4, 0.5) is 5.69 Å². The number of allylic oxidation sites excluding steroid dienone is 2. The largest absolute Gasteiger partial charge is 0.493 e. The van der Waals surface area contributed by atoms with Gasteiger partial charge in [-0.25, -0.2) is 4.68 Å². The summed E-state index contributed by atoms with van der Waals surface area (Å²) in [5.41, 5.74) is 2.93. The zero-order valence-electron chi connectivity index (χ0n) is 21.6. The number of amides is 1. The maximum atomic E-state index is 12.3. The predicted molar refractivity (Wildman–Crippen MR) is 140 cm³/mol. The van der Waals surface area contributed by atoms with E-state index in [0.29, 0.717) is 41.8 Å². The first-order valence-corrected chi connectivity index (χ1v) is 12.1. The Balaban J connectivity index is 1.55. The first-order valence-electron chi connectivity index (χ1n) is 12.1. The van der Waals surface area contributed by atoms with E-state index < -0.39 is 4.92 Å². The standard InChI is InChI=1S/C27H33N5O5/c1-19(2)8-7-9-20(3)14-27(33)28-16-21-12-13-25(26(15-21)36-4)37-18-22-17-31(30-29-22)23-10-5-6-11-24(23)32(34)35/h5-6,8,10-13,15,17,20H,7,9,14,16,18H2,1-4H3,(H,28,33)/t20-/m1/s1. The second-order valence-electron chi connectivity index (χ2n) is 9.12. The lowest BCUT2D eigenvalue weighted by Crippen LogP contribution is -2.24. The lowest BCUT2D eigenvalue weighted by atomic mass is 10.0. The van der Waals surface area contributed by atoms with Crippen LogP contribution in [0.15, 0.2) is 60.3 Å². The maximum Gasteiger partial charge on any atom is 0.294 e. The minimum Gasteiger partial charge on any atom is -0.493 e. The van der Waals surface area contributed by atoms with Crippen LogP contribution < -0.4 is 14.8 Å². The number of ether oxygens (including phenoxy) is 2. The first kappa shape index (κ1) is 27.4. The van der Waals surface area contributed by atoms with E-state index in [2.05, 4.69) is 42.5 Å². The van der Waals surface area contributed by atoms with Crippen molar-refractivity contribution < 1.29 is 19.2 Å². The third-order valence-corrected chi connectivity index (χ3v) is 5.71. The van der Waals surface area contributed by atoms with Crippen LogP contribution in [-0.4, -0.2) is 32.9 Å². The summed E-state index contributed by atoms with van der Waals surface area (Å²) in [6.45, 7) is 6.73. The van der Waals surface area contributed by atoms with Gasteiger partial charge in [0.05, 0.1) is 18.2 Å². The lowest BCUT2D eigenvalue weighted by molar-refractivity contribution is -0.384. The fraction of sp³-hybridized carbons (Fsp3) is 0.370. The third-order valence-electron chi connectivity index (χ3n) is 5.71. The number of aromatic nitrogens is 3. The molecular weight excluding hydrogens is 474 g/mol. The monoisotopic (exact) mass is 507 g/mol. The molecule has 0 radical (unpaired) electrons. The van der Waals surface area contributed by atoms with E-state index in [0.717, 1.165) is 18.4 Å². The van der Waals surface area contributed by atoms with Crippen LogP contribution in [0, 0.1) is 16.0 Å². The number of nitrogens with zero attached hydrogens (tertiary/aromatic N) is 4. The summed E-state index contributed by atoms with van der Waals surface area (Å²) >= 11 is 0. The summed E-state index contributed by atoms with van der Waals surface area (Å²) in [5.74, 6) is 1.36. The van der Waals surface area contributed by atoms with Gasteiger partial charge in [0.25, 0.3) is 5.69 Å². The topological polar surface area (TPSA) is 121 Å². The van der Waals surface area contributed by atoms with Gasteiger partial charge in [-0.05, 0) is 56.4 Å². The Kier molecular flexibility index (Phi) is 9.76. The molecule has 3 rings (SSSR count). The van der Waals surface area contributed by atoms with E-state index in [4.69, 9.17) is 9.47 Å². The number of nitro benzene ring substituents is 1. The van der Waals surface area contributed by atoms with Crippen molar-refractivity contribution >= 4 is 11.6 Å². The predicted octanol–water partition coefficient (Wildman–Crippen LogP) is 5.15. The molecular formula is C27H33N5O5. The number of hydrogen-bond donors (Lipinski definition) is 1. The highest BCUT2D eigenvalue weighted by atomic mass is 16.6. The molecule has 0 bridgehead atoms. The van der Waals surface area contributed by atoms with Crippen molar-refractivity contribution in [3.05, 3.63) is 81.7 Å². The minimum absolute atomic E-state index is 0.0192. The normalized spacial score (nSPS) is 11.5. The Labute approximate surface area is 216 Å². The van der Waals surface area contributed by atoms with Crippen LogP contribution in [0.3, 0.4) is 0 Å². The molecule has 0 fully saturated rings. The van der Waals surface area contributed by atoms with Gasteiger partial charge >= 0.3 is 0 Å². The van der Waals surface area contributed by atoms with Crippen LogP contribution >= 0.6 is 0 Å². The van der Waals surface area contributed by atoms with E-state index in [-0.39, 0.29) is 18.2 Å². The van der Waals surface area contributed by atoms with Gasteiger partial charge in [0.15, 0.2) is 11.5 Å². The molecule has 1 heterocycles. The summed E-state index contributed by atoms with van der Waals surface area (Å²) in [6, 6.07) is 11.8. The summed E-state index contributed by atoms with van der Waals surface area (Å²) < 4.78 is 12.7. The first-order chi connectivity index (χ1) is 17.8. The van der Waals surface area contributed by atoms with Crippen molar-refractivity contribution in [2.75, 3.05) is 7.11 Å². The zero-order valence-corrected chi connectivity index (χ0v) is 21.6. The summed E-state index contributed by atoms with van der Waals surface area (Å²) in [5, 5.41) is 22.3. The number of carbonyl (C=O) groups is 1. The average molecular weight is 508 g/mol. The molecule has 196 valence electrons. The van der Waals surface area contributed by atoms with Gasteiger partial charge in [-0.15, -0.1) is 5.10 Å². The van der Waals surface area contributed by atoms with E-state index in [1.54, 1.807) is 37.6 Å². The zero-order chi connectivity index (χ0) is 26.8. The molecule has 10 heteroatoms. The van der Waals surface area contributed by atoms with E-state index in [1.807, 2.05) is 12.1 Å². The van der Waals surface area contributed by atoms with Crippen LogP contribution in [0.25, 0.3) is 5.69 Å².